The summed E-state index contributed by atoms with van der Waals surface area (Å²) >= 11 is 3.42. The molecular weight excluding hydrogens is 434 g/mol. The van der Waals surface area contributed by atoms with E-state index in [0.29, 0.717) is 48.7 Å². The summed E-state index contributed by atoms with van der Waals surface area (Å²) in [7, 11) is 0. The molecule has 0 atom stereocenters. The lowest BCUT2D eigenvalue weighted by Gasteiger charge is -2.31. The Kier molecular flexibility index (Phi) is 5.49. The van der Waals surface area contributed by atoms with E-state index < -0.39 is 0 Å². The predicted octanol–water partition coefficient (Wildman–Crippen LogP) is 4.11. The number of likely N-dealkylation sites (tertiary alicyclic amines) is 1. The number of rotatable bonds is 4. The first-order chi connectivity index (χ1) is 14.0. The predicted molar refractivity (Wildman–Crippen MR) is 113 cm³/mol. The molecule has 0 radical (unpaired) electrons. The Balaban J connectivity index is 1.58. The van der Waals surface area contributed by atoms with Gasteiger partial charge in [0.2, 0.25) is 11.8 Å². The van der Waals surface area contributed by atoms with Gasteiger partial charge in [-0.05, 0) is 37.1 Å². The van der Waals surface area contributed by atoms with Crippen molar-refractivity contribution in [2.45, 2.75) is 12.8 Å². The number of oxazole rings is 1. The van der Waals surface area contributed by atoms with Crippen LogP contribution < -0.4 is 5.73 Å². The van der Waals surface area contributed by atoms with Crippen molar-refractivity contribution in [3.05, 3.63) is 64.8 Å². The van der Waals surface area contributed by atoms with Crippen LogP contribution in [0.1, 0.15) is 23.2 Å². The second kappa shape index (κ2) is 8.21. The van der Waals surface area contributed by atoms with Gasteiger partial charge >= 0.3 is 0 Å². The van der Waals surface area contributed by atoms with Crippen LogP contribution in [0.4, 0.5) is 0 Å². The van der Waals surface area contributed by atoms with Gasteiger partial charge in [0.15, 0.2) is 5.76 Å². The van der Waals surface area contributed by atoms with E-state index in [0.717, 1.165) is 10.0 Å². The minimum absolute atomic E-state index is 0.0908. The largest absolute Gasteiger partial charge is 0.436 e. The minimum Gasteiger partial charge on any atom is -0.436 e. The highest BCUT2D eigenvalue weighted by molar-refractivity contribution is 9.10. The Hall–Kier alpha value is -2.93. The number of aromatic nitrogens is 1. The molecule has 1 aromatic heterocycles. The second-order valence-corrected chi connectivity index (χ2v) is 7.97. The SMILES string of the molecule is NC(=O)C1CCN(C(=O)c2ccccc2-c2ncc(-c3ccc(Br)cc3)o2)CC1. The third-order valence-electron chi connectivity index (χ3n) is 5.21. The molecule has 0 saturated carbocycles. The van der Waals surface area contributed by atoms with Crippen LogP contribution in [0.25, 0.3) is 22.8 Å². The molecule has 0 aliphatic carbocycles. The quantitative estimate of drug-likeness (QED) is 0.643. The van der Waals surface area contributed by atoms with E-state index in [4.69, 9.17) is 10.2 Å². The lowest BCUT2D eigenvalue weighted by atomic mass is 9.95. The van der Waals surface area contributed by atoms with Gasteiger partial charge in [0.25, 0.3) is 5.91 Å². The molecule has 7 heteroatoms. The van der Waals surface area contributed by atoms with Crippen LogP contribution in [-0.2, 0) is 4.79 Å². The van der Waals surface area contributed by atoms with Crippen molar-refractivity contribution in [1.29, 1.82) is 0 Å². The molecule has 1 aliphatic rings. The lowest BCUT2D eigenvalue weighted by molar-refractivity contribution is -0.123. The summed E-state index contributed by atoms with van der Waals surface area (Å²) in [5.74, 6) is 0.495. The van der Waals surface area contributed by atoms with Crippen molar-refractivity contribution >= 4 is 27.7 Å². The number of piperidine rings is 1. The molecule has 0 bridgehead atoms. The molecule has 2 heterocycles. The number of hydrogen-bond acceptors (Lipinski definition) is 4. The van der Waals surface area contributed by atoms with E-state index in [1.165, 1.54) is 0 Å². The summed E-state index contributed by atoms with van der Waals surface area (Å²) < 4.78 is 6.95. The fourth-order valence-electron chi connectivity index (χ4n) is 3.54. The normalized spacial score (nSPS) is 14.7. The summed E-state index contributed by atoms with van der Waals surface area (Å²) in [5.41, 5.74) is 7.49. The lowest BCUT2D eigenvalue weighted by Crippen LogP contribution is -2.41. The number of hydrogen-bond donors (Lipinski definition) is 1. The first-order valence-electron chi connectivity index (χ1n) is 9.42. The zero-order chi connectivity index (χ0) is 20.4. The number of nitrogens with two attached hydrogens (primary N) is 1. The summed E-state index contributed by atoms with van der Waals surface area (Å²) in [6.45, 7) is 1.02. The fraction of sp³-hybridized carbons (Fsp3) is 0.227. The maximum absolute atomic E-state index is 13.1. The van der Waals surface area contributed by atoms with Gasteiger partial charge in [-0.15, -0.1) is 0 Å². The number of benzene rings is 2. The van der Waals surface area contributed by atoms with Crippen molar-refractivity contribution in [3.63, 3.8) is 0 Å². The van der Waals surface area contributed by atoms with Gasteiger partial charge in [0, 0.05) is 34.6 Å². The van der Waals surface area contributed by atoms with E-state index in [1.807, 2.05) is 42.5 Å². The summed E-state index contributed by atoms with van der Waals surface area (Å²) in [6, 6.07) is 15.0. The molecule has 2 aromatic carbocycles. The zero-order valence-electron chi connectivity index (χ0n) is 15.7. The zero-order valence-corrected chi connectivity index (χ0v) is 17.3. The standard InChI is InChI=1S/C22H20BrN3O3/c23-16-7-5-14(6-8-16)19-13-25-21(29-19)17-3-1-2-4-18(17)22(28)26-11-9-15(10-12-26)20(24)27/h1-8,13,15H,9-12H2,(H2,24,27). The molecule has 0 unspecified atom stereocenters. The number of carbonyl (C=O) groups excluding carboxylic acids is 2. The van der Waals surface area contributed by atoms with Crippen LogP contribution in [-0.4, -0.2) is 34.8 Å². The highest BCUT2D eigenvalue weighted by Gasteiger charge is 2.28. The molecule has 1 fully saturated rings. The third kappa shape index (κ3) is 4.10. The van der Waals surface area contributed by atoms with E-state index in [-0.39, 0.29) is 17.7 Å². The molecule has 2 N–H and O–H groups in total. The Morgan fingerprint density at radius 3 is 2.45 bits per heavy atom. The van der Waals surface area contributed by atoms with Gasteiger partial charge in [0.05, 0.1) is 11.8 Å². The van der Waals surface area contributed by atoms with Crippen LogP contribution in [0.3, 0.4) is 0 Å². The molecule has 4 rings (SSSR count). The average Bonchev–Trinajstić information content (AvgIpc) is 3.24. The Morgan fingerprint density at radius 1 is 1.07 bits per heavy atom. The number of nitrogens with zero attached hydrogens (tertiary/aromatic N) is 2. The van der Waals surface area contributed by atoms with Crippen LogP contribution in [0.15, 0.2) is 63.6 Å². The van der Waals surface area contributed by atoms with Crippen molar-refractivity contribution in [1.82, 2.24) is 9.88 Å². The first-order valence-corrected chi connectivity index (χ1v) is 10.2. The Bertz CT molecular complexity index is 1040. The fourth-order valence-corrected chi connectivity index (χ4v) is 3.80. The summed E-state index contributed by atoms with van der Waals surface area (Å²) in [6.07, 6.45) is 2.85. The summed E-state index contributed by atoms with van der Waals surface area (Å²) in [4.78, 5) is 30.7. The monoisotopic (exact) mass is 453 g/mol. The van der Waals surface area contributed by atoms with Crippen LogP contribution in [0, 0.1) is 5.92 Å². The Morgan fingerprint density at radius 2 is 1.76 bits per heavy atom. The van der Waals surface area contributed by atoms with Crippen molar-refractivity contribution in [3.8, 4) is 22.8 Å². The van der Waals surface area contributed by atoms with Crippen LogP contribution in [0.5, 0.6) is 0 Å². The number of amides is 2. The maximum Gasteiger partial charge on any atom is 0.254 e. The number of halogens is 1. The van der Waals surface area contributed by atoms with Gasteiger partial charge < -0.3 is 15.1 Å². The molecule has 148 valence electrons. The van der Waals surface area contributed by atoms with E-state index in [2.05, 4.69) is 20.9 Å². The van der Waals surface area contributed by atoms with Crippen molar-refractivity contribution < 1.29 is 14.0 Å². The first kappa shape index (κ1) is 19.4. The van der Waals surface area contributed by atoms with E-state index in [9.17, 15) is 9.59 Å². The van der Waals surface area contributed by atoms with Gasteiger partial charge in [0.1, 0.15) is 0 Å². The minimum atomic E-state index is -0.294. The topological polar surface area (TPSA) is 89.4 Å². The molecule has 29 heavy (non-hydrogen) atoms. The maximum atomic E-state index is 13.1. The van der Waals surface area contributed by atoms with Crippen LogP contribution in [0.2, 0.25) is 0 Å². The number of primary amides is 1. The van der Waals surface area contributed by atoms with Gasteiger partial charge in [-0.3, -0.25) is 9.59 Å². The molecule has 1 saturated heterocycles. The van der Waals surface area contributed by atoms with Gasteiger partial charge in [-0.2, -0.15) is 0 Å². The van der Waals surface area contributed by atoms with E-state index in [1.54, 1.807) is 17.2 Å². The molecule has 3 aromatic rings. The van der Waals surface area contributed by atoms with Crippen molar-refractivity contribution in [2.75, 3.05) is 13.1 Å². The second-order valence-electron chi connectivity index (χ2n) is 7.05. The smallest absolute Gasteiger partial charge is 0.254 e. The van der Waals surface area contributed by atoms with E-state index >= 15 is 0 Å². The van der Waals surface area contributed by atoms with Crippen LogP contribution >= 0.6 is 15.9 Å². The van der Waals surface area contributed by atoms with Crippen molar-refractivity contribution in [2.24, 2.45) is 11.7 Å². The third-order valence-corrected chi connectivity index (χ3v) is 5.74. The molecule has 0 spiro atoms. The highest BCUT2D eigenvalue weighted by Crippen LogP contribution is 2.30. The van der Waals surface area contributed by atoms with Gasteiger partial charge in [-0.1, -0.05) is 40.2 Å². The highest BCUT2D eigenvalue weighted by atomic mass is 79.9. The molecular formula is C22H20BrN3O3. The molecule has 6 nitrogen and oxygen atoms in total. The molecule has 1 aliphatic heterocycles. The number of carbonyl (C=O) groups is 2. The van der Waals surface area contributed by atoms with Gasteiger partial charge in [-0.25, -0.2) is 4.98 Å². The summed E-state index contributed by atoms with van der Waals surface area (Å²) in [5, 5.41) is 0. The molecule has 2 amide bonds. The Labute approximate surface area is 176 Å². The average molecular weight is 454 g/mol.